The number of benzene rings is 8. The standard InChI is InChI=1S/C47H38O2P2/c1-3-40(51(49,41-32-30-35-15-4-5-19-39(35)33-41)47-28-14-22-38-18-8-11-25-44(38)47)31-29-34(2)50(48,45-26-12-20-36-16-6-9-23-42(36)45)46-27-13-21-37-17-7-10-24-43(37)46/h4-33H,3H2,1-2H3/b34-29+,40-31+. The minimum Gasteiger partial charge on any atom is -0.309 e. The van der Waals surface area contributed by atoms with Crippen LogP contribution < -0.4 is 21.2 Å². The molecule has 1 unspecified atom stereocenters. The van der Waals surface area contributed by atoms with E-state index in [1.807, 2.05) is 110 Å². The zero-order valence-electron chi connectivity index (χ0n) is 28.7. The van der Waals surface area contributed by atoms with Crippen molar-refractivity contribution >= 4 is 78.6 Å². The third-order valence-electron chi connectivity index (χ3n) is 10.2. The number of hydrogen-bond donors (Lipinski definition) is 0. The molecule has 0 aliphatic carbocycles. The Morgan fingerprint density at radius 2 is 0.863 bits per heavy atom. The van der Waals surface area contributed by atoms with Crippen molar-refractivity contribution in [3.05, 3.63) is 193 Å². The molecule has 0 aromatic heterocycles. The molecule has 8 rings (SSSR count). The van der Waals surface area contributed by atoms with E-state index in [4.69, 9.17) is 0 Å². The molecule has 0 N–H and O–H groups in total. The largest absolute Gasteiger partial charge is 0.309 e. The summed E-state index contributed by atoms with van der Waals surface area (Å²) in [6.07, 6.45) is 4.56. The Kier molecular flexibility index (Phi) is 8.69. The van der Waals surface area contributed by atoms with Crippen molar-refractivity contribution in [3.8, 4) is 0 Å². The topological polar surface area (TPSA) is 34.1 Å². The minimum absolute atomic E-state index is 0.559. The van der Waals surface area contributed by atoms with E-state index in [9.17, 15) is 0 Å². The Morgan fingerprint density at radius 1 is 0.451 bits per heavy atom. The van der Waals surface area contributed by atoms with E-state index >= 15 is 9.13 Å². The van der Waals surface area contributed by atoms with Gasteiger partial charge in [0.1, 0.15) is 0 Å². The monoisotopic (exact) mass is 696 g/mol. The van der Waals surface area contributed by atoms with Gasteiger partial charge in [-0.25, -0.2) is 0 Å². The summed E-state index contributed by atoms with van der Waals surface area (Å²) in [6, 6.07) is 57.2. The third-order valence-corrected chi connectivity index (χ3v) is 16.8. The van der Waals surface area contributed by atoms with Gasteiger partial charge in [-0.1, -0.05) is 183 Å². The predicted molar refractivity (Wildman–Crippen MR) is 222 cm³/mol. The fourth-order valence-corrected chi connectivity index (χ4v) is 13.6. The summed E-state index contributed by atoms with van der Waals surface area (Å²) in [5.41, 5.74) is 0. The average molecular weight is 697 g/mol. The van der Waals surface area contributed by atoms with Gasteiger partial charge in [0.15, 0.2) is 14.3 Å². The normalized spacial score (nSPS) is 13.9. The first-order chi connectivity index (χ1) is 24.9. The second-order valence-electron chi connectivity index (χ2n) is 13.1. The van der Waals surface area contributed by atoms with Gasteiger partial charge in [0, 0.05) is 21.2 Å². The summed E-state index contributed by atoms with van der Waals surface area (Å²) in [4.78, 5) is 0. The summed E-state index contributed by atoms with van der Waals surface area (Å²) in [5, 5.41) is 13.0. The van der Waals surface area contributed by atoms with Crippen LogP contribution in [0.15, 0.2) is 193 Å². The summed E-state index contributed by atoms with van der Waals surface area (Å²) in [7, 11) is -6.80. The van der Waals surface area contributed by atoms with Crippen LogP contribution in [-0.4, -0.2) is 0 Å². The highest BCUT2D eigenvalue weighted by Crippen LogP contribution is 2.57. The van der Waals surface area contributed by atoms with Crippen LogP contribution in [0.5, 0.6) is 0 Å². The average Bonchev–Trinajstić information content (AvgIpc) is 3.19. The summed E-state index contributed by atoms with van der Waals surface area (Å²) >= 11 is 0. The Hall–Kier alpha value is -5.26. The molecule has 4 heteroatoms. The van der Waals surface area contributed by atoms with E-state index < -0.39 is 14.3 Å². The lowest BCUT2D eigenvalue weighted by Crippen LogP contribution is -2.19. The highest BCUT2D eigenvalue weighted by Gasteiger charge is 2.35. The minimum atomic E-state index is -3.41. The van der Waals surface area contributed by atoms with Crippen LogP contribution in [0.1, 0.15) is 20.3 Å². The lowest BCUT2D eigenvalue weighted by Gasteiger charge is -2.25. The molecule has 0 aliphatic heterocycles. The van der Waals surface area contributed by atoms with Crippen molar-refractivity contribution in [2.45, 2.75) is 20.3 Å². The second kappa shape index (κ2) is 13.5. The molecule has 0 spiro atoms. The number of allylic oxidation sites excluding steroid dienone is 4. The summed E-state index contributed by atoms with van der Waals surface area (Å²) in [5.74, 6) is 0. The van der Waals surface area contributed by atoms with Crippen LogP contribution in [-0.2, 0) is 9.13 Å². The van der Waals surface area contributed by atoms with Gasteiger partial charge in [-0.2, -0.15) is 0 Å². The highest BCUT2D eigenvalue weighted by atomic mass is 31.2. The first-order valence-electron chi connectivity index (χ1n) is 17.5. The van der Waals surface area contributed by atoms with Gasteiger partial charge in [-0.05, 0) is 73.1 Å². The molecular weight excluding hydrogens is 658 g/mol. The smallest absolute Gasteiger partial charge is 0.168 e. The first kappa shape index (κ1) is 32.9. The van der Waals surface area contributed by atoms with Crippen molar-refractivity contribution in [3.63, 3.8) is 0 Å². The number of fused-ring (bicyclic) bond motifs is 4. The molecule has 0 radical (unpaired) electrons. The predicted octanol–water partition coefficient (Wildman–Crippen LogP) is 11.8. The fourth-order valence-electron chi connectivity index (χ4n) is 7.56. The van der Waals surface area contributed by atoms with Crippen LogP contribution in [0.2, 0.25) is 0 Å². The van der Waals surface area contributed by atoms with Crippen LogP contribution in [0, 0.1) is 0 Å². The van der Waals surface area contributed by atoms with Crippen molar-refractivity contribution in [1.29, 1.82) is 0 Å². The molecule has 0 saturated carbocycles. The Balaban J connectivity index is 1.39. The van der Waals surface area contributed by atoms with E-state index in [1.54, 1.807) is 0 Å². The van der Waals surface area contributed by atoms with Gasteiger partial charge >= 0.3 is 0 Å². The lowest BCUT2D eigenvalue weighted by atomic mass is 10.1. The Morgan fingerprint density at radius 3 is 1.35 bits per heavy atom. The molecule has 0 bridgehead atoms. The van der Waals surface area contributed by atoms with E-state index in [-0.39, 0.29) is 0 Å². The lowest BCUT2D eigenvalue weighted by molar-refractivity contribution is 0.589. The first-order valence-corrected chi connectivity index (χ1v) is 20.9. The van der Waals surface area contributed by atoms with E-state index in [0.29, 0.717) is 6.42 Å². The maximum absolute atomic E-state index is 16.2. The molecule has 0 amide bonds. The molecule has 51 heavy (non-hydrogen) atoms. The fraction of sp³-hybridized carbons (Fsp3) is 0.0638. The summed E-state index contributed by atoms with van der Waals surface area (Å²) < 4.78 is 32.4. The quantitative estimate of drug-likeness (QED) is 0.117. The van der Waals surface area contributed by atoms with Gasteiger partial charge in [0.2, 0.25) is 0 Å². The van der Waals surface area contributed by atoms with Crippen LogP contribution >= 0.6 is 14.3 Å². The number of hydrogen-bond acceptors (Lipinski definition) is 2. The van der Waals surface area contributed by atoms with Crippen LogP contribution in [0.4, 0.5) is 0 Å². The van der Waals surface area contributed by atoms with Crippen LogP contribution in [0.25, 0.3) is 43.1 Å². The Labute approximate surface area is 299 Å². The van der Waals surface area contributed by atoms with Crippen molar-refractivity contribution in [2.24, 2.45) is 0 Å². The van der Waals surface area contributed by atoms with Gasteiger partial charge in [-0.15, -0.1) is 0 Å². The molecule has 8 aromatic rings. The van der Waals surface area contributed by atoms with E-state index in [2.05, 4.69) is 85.8 Å². The van der Waals surface area contributed by atoms with E-state index in [1.165, 1.54) is 0 Å². The zero-order chi connectivity index (χ0) is 35.0. The maximum Gasteiger partial charge on any atom is 0.168 e. The van der Waals surface area contributed by atoms with E-state index in [0.717, 1.165) is 74.9 Å². The molecular formula is C47H38O2P2. The van der Waals surface area contributed by atoms with Gasteiger partial charge in [0.25, 0.3) is 0 Å². The zero-order valence-corrected chi connectivity index (χ0v) is 30.5. The Bertz CT molecular complexity index is 2670. The van der Waals surface area contributed by atoms with Gasteiger partial charge in [0.05, 0.1) is 0 Å². The highest BCUT2D eigenvalue weighted by molar-refractivity contribution is 7.83. The molecule has 0 fully saturated rings. The van der Waals surface area contributed by atoms with Gasteiger partial charge < -0.3 is 9.13 Å². The molecule has 2 nitrogen and oxygen atoms in total. The number of rotatable bonds is 8. The molecule has 0 saturated heterocycles. The molecule has 248 valence electrons. The summed E-state index contributed by atoms with van der Waals surface area (Å²) in [6.45, 7) is 4.05. The van der Waals surface area contributed by atoms with Crippen molar-refractivity contribution in [1.82, 2.24) is 0 Å². The molecule has 0 heterocycles. The molecule has 1 atom stereocenters. The third kappa shape index (κ3) is 5.61. The van der Waals surface area contributed by atoms with Crippen LogP contribution in [0.3, 0.4) is 0 Å². The van der Waals surface area contributed by atoms with Gasteiger partial charge in [-0.3, -0.25) is 0 Å². The molecule has 8 aromatic carbocycles. The SMILES string of the molecule is CC/C(=C\C=C(/C)P(=O)(c1cccc2ccccc12)c1cccc2ccccc12)P(=O)(c1ccc2ccccc2c1)c1cccc2ccccc12. The van der Waals surface area contributed by atoms with Crippen molar-refractivity contribution < 1.29 is 9.13 Å². The molecule has 0 aliphatic rings. The van der Waals surface area contributed by atoms with Crippen molar-refractivity contribution in [2.75, 3.05) is 0 Å². The second-order valence-corrected chi connectivity index (χ2v) is 18.7. The maximum atomic E-state index is 16.2.